The van der Waals surface area contributed by atoms with Gasteiger partial charge in [-0.3, -0.25) is 4.79 Å². The van der Waals surface area contributed by atoms with Crippen LogP contribution in [-0.2, 0) is 0 Å². The van der Waals surface area contributed by atoms with Crippen LogP contribution < -0.4 is 0 Å². The van der Waals surface area contributed by atoms with Gasteiger partial charge in [0.1, 0.15) is 5.82 Å². The fraction of sp³-hybridized carbons (Fsp3) is 0. The smallest absolute Gasteiger partial charge is 0.196 e. The van der Waals surface area contributed by atoms with Gasteiger partial charge in [-0.25, -0.2) is 13.2 Å². The molecule has 0 aliphatic carbocycles. The van der Waals surface area contributed by atoms with Crippen molar-refractivity contribution >= 4 is 17.4 Å². The average molecular weight is 271 g/mol. The highest BCUT2D eigenvalue weighted by atomic mass is 35.5. The van der Waals surface area contributed by atoms with Crippen LogP contribution in [0.15, 0.2) is 36.4 Å². The van der Waals surface area contributed by atoms with E-state index >= 15 is 0 Å². The number of hydrogen-bond acceptors (Lipinski definition) is 1. The number of hydrogen-bond donors (Lipinski definition) is 0. The summed E-state index contributed by atoms with van der Waals surface area (Å²) in [5.74, 6) is -3.98. The predicted octanol–water partition coefficient (Wildman–Crippen LogP) is 3.99. The second-order valence-electron chi connectivity index (χ2n) is 3.56. The molecule has 2 aromatic rings. The van der Waals surface area contributed by atoms with Gasteiger partial charge in [0.2, 0.25) is 0 Å². The van der Waals surface area contributed by atoms with Crippen LogP contribution in [0.5, 0.6) is 0 Å². The molecule has 0 N–H and O–H groups in total. The molecule has 0 saturated heterocycles. The number of rotatable bonds is 2. The van der Waals surface area contributed by atoms with Crippen molar-refractivity contribution in [2.75, 3.05) is 0 Å². The first-order chi connectivity index (χ1) is 8.50. The summed E-state index contributed by atoms with van der Waals surface area (Å²) >= 11 is 5.47. The van der Waals surface area contributed by atoms with Crippen molar-refractivity contribution in [1.82, 2.24) is 0 Å². The SMILES string of the molecule is O=C(c1ccc(Cl)c(F)c1)c1cccc(F)c1F. The molecular weight excluding hydrogens is 265 g/mol. The highest BCUT2D eigenvalue weighted by Gasteiger charge is 2.17. The molecular formula is C13H6ClF3O. The second kappa shape index (κ2) is 4.82. The lowest BCUT2D eigenvalue weighted by molar-refractivity contribution is 0.103. The molecule has 0 unspecified atom stereocenters. The van der Waals surface area contributed by atoms with E-state index in [1.54, 1.807) is 0 Å². The largest absolute Gasteiger partial charge is 0.288 e. The molecule has 0 aliphatic rings. The minimum Gasteiger partial charge on any atom is -0.288 e. The van der Waals surface area contributed by atoms with Crippen LogP contribution in [-0.4, -0.2) is 5.78 Å². The van der Waals surface area contributed by atoms with Crippen LogP contribution in [0.3, 0.4) is 0 Å². The van der Waals surface area contributed by atoms with Crippen molar-refractivity contribution in [3.63, 3.8) is 0 Å². The van der Waals surface area contributed by atoms with Crippen LogP contribution in [0, 0.1) is 17.5 Å². The number of ketones is 1. The van der Waals surface area contributed by atoms with Gasteiger partial charge in [-0.05, 0) is 30.3 Å². The van der Waals surface area contributed by atoms with Gasteiger partial charge < -0.3 is 0 Å². The minimum atomic E-state index is -1.25. The van der Waals surface area contributed by atoms with Gasteiger partial charge >= 0.3 is 0 Å². The maximum Gasteiger partial charge on any atom is 0.196 e. The molecule has 92 valence electrons. The molecule has 0 saturated carbocycles. The van der Waals surface area contributed by atoms with Crippen molar-refractivity contribution in [3.8, 4) is 0 Å². The minimum absolute atomic E-state index is 0.0959. The molecule has 1 nitrogen and oxygen atoms in total. The maximum atomic E-state index is 13.4. The Morgan fingerprint density at radius 3 is 2.39 bits per heavy atom. The Morgan fingerprint density at radius 1 is 1.00 bits per heavy atom. The first-order valence-electron chi connectivity index (χ1n) is 4.94. The fourth-order valence-electron chi connectivity index (χ4n) is 1.47. The van der Waals surface area contributed by atoms with Gasteiger partial charge in [-0.1, -0.05) is 17.7 Å². The summed E-state index contributed by atoms with van der Waals surface area (Å²) in [5.41, 5.74) is -0.543. The number of carbonyl (C=O) groups excluding carboxylic acids is 1. The lowest BCUT2D eigenvalue weighted by atomic mass is 10.0. The third kappa shape index (κ3) is 2.24. The highest BCUT2D eigenvalue weighted by molar-refractivity contribution is 6.30. The number of halogens is 4. The number of carbonyl (C=O) groups is 1. The zero-order valence-corrected chi connectivity index (χ0v) is 9.64. The van der Waals surface area contributed by atoms with E-state index < -0.39 is 28.8 Å². The Morgan fingerprint density at radius 2 is 1.72 bits per heavy atom. The third-order valence-electron chi connectivity index (χ3n) is 2.38. The predicted molar refractivity (Wildman–Crippen MR) is 61.2 cm³/mol. The molecule has 0 aliphatic heterocycles. The van der Waals surface area contributed by atoms with E-state index in [4.69, 9.17) is 11.6 Å². The Labute approximate surface area is 106 Å². The fourth-order valence-corrected chi connectivity index (χ4v) is 1.59. The van der Waals surface area contributed by atoms with Gasteiger partial charge in [0.15, 0.2) is 17.4 Å². The molecule has 0 spiro atoms. The first-order valence-corrected chi connectivity index (χ1v) is 5.32. The second-order valence-corrected chi connectivity index (χ2v) is 3.97. The summed E-state index contributed by atoms with van der Waals surface area (Å²) in [6, 6.07) is 6.55. The van der Waals surface area contributed by atoms with Crippen molar-refractivity contribution in [2.45, 2.75) is 0 Å². The summed E-state index contributed by atoms with van der Waals surface area (Å²) in [7, 11) is 0. The topological polar surface area (TPSA) is 17.1 Å². The van der Waals surface area contributed by atoms with E-state index in [9.17, 15) is 18.0 Å². The molecule has 5 heteroatoms. The molecule has 0 bridgehead atoms. The van der Waals surface area contributed by atoms with Gasteiger partial charge in [0.25, 0.3) is 0 Å². The average Bonchev–Trinajstić information content (AvgIpc) is 2.35. The van der Waals surface area contributed by atoms with E-state index in [0.29, 0.717) is 0 Å². The lowest BCUT2D eigenvalue weighted by Crippen LogP contribution is -2.06. The van der Waals surface area contributed by atoms with E-state index in [1.807, 2.05) is 0 Å². The molecule has 2 aromatic carbocycles. The summed E-state index contributed by atoms with van der Waals surface area (Å²) < 4.78 is 39.6. The summed E-state index contributed by atoms with van der Waals surface area (Å²) in [6.45, 7) is 0. The van der Waals surface area contributed by atoms with Crippen LogP contribution in [0.25, 0.3) is 0 Å². The van der Waals surface area contributed by atoms with Crippen LogP contribution in [0.2, 0.25) is 5.02 Å². The van der Waals surface area contributed by atoms with Crippen LogP contribution in [0.1, 0.15) is 15.9 Å². The van der Waals surface area contributed by atoms with E-state index in [2.05, 4.69) is 0 Å². The van der Waals surface area contributed by atoms with Gasteiger partial charge in [0, 0.05) is 5.56 Å². The van der Waals surface area contributed by atoms with Crippen LogP contribution in [0.4, 0.5) is 13.2 Å². The van der Waals surface area contributed by atoms with Gasteiger partial charge in [-0.15, -0.1) is 0 Å². The molecule has 2 rings (SSSR count). The third-order valence-corrected chi connectivity index (χ3v) is 2.68. The molecule has 0 atom stereocenters. The normalized spacial score (nSPS) is 10.4. The standard InChI is InChI=1S/C13H6ClF3O/c14-9-5-4-7(6-11(9)16)13(18)8-2-1-3-10(15)12(8)17/h1-6H. The van der Waals surface area contributed by atoms with Crippen LogP contribution >= 0.6 is 11.6 Å². The molecule has 0 heterocycles. The summed E-state index contributed by atoms with van der Waals surface area (Å²) in [4.78, 5) is 11.9. The van der Waals surface area contributed by atoms with Gasteiger partial charge in [0.05, 0.1) is 10.6 Å². The van der Waals surface area contributed by atoms with Gasteiger partial charge in [-0.2, -0.15) is 0 Å². The molecule has 0 fully saturated rings. The monoisotopic (exact) mass is 270 g/mol. The van der Waals surface area contributed by atoms with E-state index in [0.717, 1.165) is 18.2 Å². The Kier molecular flexibility index (Phi) is 3.39. The quantitative estimate of drug-likeness (QED) is 0.754. The summed E-state index contributed by atoms with van der Waals surface area (Å²) in [6.07, 6.45) is 0. The molecule has 18 heavy (non-hydrogen) atoms. The lowest BCUT2D eigenvalue weighted by Gasteiger charge is -2.04. The van der Waals surface area contributed by atoms with E-state index in [1.165, 1.54) is 18.2 Å². The molecule has 0 aromatic heterocycles. The van der Waals surface area contributed by atoms with Crippen molar-refractivity contribution in [3.05, 3.63) is 70.0 Å². The molecule has 0 amide bonds. The zero-order valence-electron chi connectivity index (χ0n) is 8.88. The van der Waals surface area contributed by atoms with Crippen molar-refractivity contribution in [2.24, 2.45) is 0 Å². The highest BCUT2D eigenvalue weighted by Crippen LogP contribution is 2.20. The molecule has 0 radical (unpaired) electrons. The Bertz CT molecular complexity index is 626. The zero-order chi connectivity index (χ0) is 13.3. The maximum absolute atomic E-state index is 13.4. The van der Waals surface area contributed by atoms with Crippen molar-refractivity contribution < 1.29 is 18.0 Å². The Hall–Kier alpha value is -1.81. The Balaban J connectivity index is 2.48. The van der Waals surface area contributed by atoms with Crippen molar-refractivity contribution in [1.29, 1.82) is 0 Å². The van der Waals surface area contributed by atoms with E-state index in [-0.39, 0.29) is 10.6 Å². The first kappa shape index (κ1) is 12.6. The number of benzene rings is 2. The summed E-state index contributed by atoms with van der Waals surface area (Å²) in [5, 5.41) is -0.147.